The molecule has 0 radical (unpaired) electrons. The summed E-state index contributed by atoms with van der Waals surface area (Å²) in [5.74, 6) is 1.08. The van der Waals surface area contributed by atoms with Gasteiger partial charge in [-0.25, -0.2) is 0 Å². The average molecular weight is 206 g/mol. The maximum atomic E-state index is 3.79. The maximum absolute atomic E-state index is 3.79. The third-order valence-corrected chi connectivity index (χ3v) is 3.53. The predicted molar refractivity (Wildman–Crippen MR) is 66.6 cm³/mol. The maximum Gasteiger partial charge on any atom is 0.0190 e. The zero-order chi connectivity index (χ0) is 10.4. The van der Waals surface area contributed by atoms with E-state index in [0.29, 0.717) is 4.75 Å². The van der Waals surface area contributed by atoms with Gasteiger partial charge in [-0.05, 0) is 12.0 Å². The van der Waals surface area contributed by atoms with E-state index >= 15 is 0 Å². The van der Waals surface area contributed by atoms with Crippen molar-refractivity contribution >= 4 is 11.8 Å². The van der Waals surface area contributed by atoms with Crippen LogP contribution in [0.25, 0.3) is 0 Å². The van der Waals surface area contributed by atoms with Crippen LogP contribution in [-0.4, -0.2) is 4.75 Å². The van der Waals surface area contributed by atoms with Crippen LogP contribution >= 0.6 is 11.8 Å². The third-order valence-electron chi connectivity index (χ3n) is 2.11. The fraction of sp³-hybridized carbons (Fsp3) is 0.385. The Morgan fingerprint density at radius 3 is 2.50 bits per heavy atom. The van der Waals surface area contributed by atoms with Crippen molar-refractivity contribution in [2.75, 3.05) is 0 Å². The van der Waals surface area contributed by atoms with E-state index in [2.05, 4.69) is 50.8 Å². The Kier molecular flexibility index (Phi) is 4.27. The van der Waals surface area contributed by atoms with Crippen molar-refractivity contribution in [3.05, 3.63) is 48.6 Å². The van der Waals surface area contributed by atoms with E-state index in [4.69, 9.17) is 0 Å². The highest BCUT2D eigenvalue weighted by atomic mass is 32.2. The van der Waals surface area contributed by atoms with Crippen LogP contribution in [-0.2, 0) is 5.75 Å². The molecule has 0 aliphatic rings. The molecule has 0 nitrogen and oxygen atoms in total. The van der Waals surface area contributed by atoms with Gasteiger partial charge in [0.2, 0.25) is 0 Å². The molecule has 0 aliphatic heterocycles. The van der Waals surface area contributed by atoms with Crippen LogP contribution in [0.3, 0.4) is 0 Å². The minimum absolute atomic E-state index is 0.303. The molecule has 0 saturated carbocycles. The lowest BCUT2D eigenvalue weighted by Gasteiger charge is -2.22. The van der Waals surface area contributed by atoms with Gasteiger partial charge in [-0.2, -0.15) is 11.8 Å². The Bertz CT molecular complexity index is 275. The summed E-state index contributed by atoms with van der Waals surface area (Å²) in [6.45, 7) is 8.32. The number of hydrogen-bond acceptors (Lipinski definition) is 1. The van der Waals surface area contributed by atoms with Crippen molar-refractivity contribution in [3.8, 4) is 0 Å². The van der Waals surface area contributed by atoms with E-state index in [0.717, 1.165) is 12.2 Å². The standard InChI is InChI=1S/C13H18S/c1-4-10-13(2,3)14-11-12-8-6-5-7-9-12/h4-9H,1,10-11H2,2-3H3. The van der Waals surface area contributed by atoms with Crippen molar-refractivity contribution in [2.24, 2.45) is 0 Å². The molecule has 14 heavy (non-hydrogen) atoms. The molecule has 0 aliphatic carbocycles. The second kappa shape index (κ2) is 5.26. The lowest BCUT2D eigenvalue weighted by Crippen LogP contribution is -2.13. The zero-order valence-corrected chi connectivity index (χ0v) is 9.81. The Labute approximate surface area is 91.4 Å². The van der Waals surface area contributed by atoms with Gasteiger partial charge in [-0.3, -0.25) is 0 Å². The van der Waals surface area contributed by atoms with Gasteiger partial charge in [0.05, 0.1) is 0 Å². The molecule has 0 spiro atoms. The highest BCUT2D eigenvalue weighted by molar-refractivity contribution is 7.99. The first-order chi connectivity index (χ1) is 6.64. The molecule has 0 heterocycles. The van der Waals surface area contributed by atoms with Crippen molar-refractivity contribution in [3.63, 3.8) is 0 Å². The SMILES string of the molecule is C=CCC(C)(C)SCc1ccccc1. The molecule has 1 aromatic rings. The number of thioether (sulfide) groups is 1. The molecule has 0 unspecified atom stereocenters. The summed E-state index contributed by atoms with van der Waals surface area (Å²) in [7, 11) is 0. The van der Waals surface area contributed by atoms with Gasteiger partial charge in [-0.15, -0.1) is 6.58 Å². The highest BCUT2D eigenvalue weighted by Gasteiger charge is 2.15. The van der Waals surface area contributed by atoms with Gasteiger partial charge < -0.3 is 0 Å². The Morgan fingerprint density at radius 1 is 1.29 bits per heavy atom. The molecule has 0 aromatic heterocycles. The second-order valence-corrected chi connectivity index (χ2v) is 5.71. The lowest BCUT2D eigenvalue weighted by atomic mass is 10.1. The molecule has 0 bridgehead atoms. The third kappa shape index (κ3) is 4.01. The number of allylic oxidation sites excluding steroid dienone is 1. The Morgan fingerprint density at radius 2 is 1.93 bits per heavy atom. The van der Waals surface area contributed by atoms with Crippen LogP contribution in [0.1, 0.15) is 25.8 Å². The monoisotopic (exact) mass is 206 g/mol. The molecule has 1 aromatic carbocycles. The molecular weight excluding hydrogens is 188 g/mol. The largest absolute Gasteiger partial charge is 0.151 e. The van der Waals surface area contributed by atoms with E-state index in [1.165, 1.54) is 5.56 Å². The van der Waals surface area contributed by atoms with Crippen LogP contribution in [0.4, 0.5) is 0 Å². The van der Waals surface area contributed by atoms with Crippen LogP contribution in [0, 0.1) is 0 Å². The molecule has 76 valence electrons. The van der Waals surface area contributed by atoms with E-state index in [1.807, 2.05) is 17.8 Å². The molecular formula is C13H18S. The quantitative estimate of drug-likeness (QED) is 0.648. The van der Waals surface area contributed by atoms with Crippen LogP contribution in [0.2, 0.25) is 0 Å². The minimum atomic E-state index is 0.303. The molecule has 1 heteroatoms. The van der Waals surface area contributed by atoms with Crippen molar-refractivity contribution in [1.29, 1.82) is 0 Å². The second-order valence-electron chi connectivity index (χ2n) is 4.03. The average Bonchev–Trinajstić information content (AvgIpc) is 2.17. The van der Waals surface area contributed by atoms with Gasteiger partial charge in [0.15, 0.2) is 0 Å². The first kappa shape index (κ1) is 11.4. The first-order valence-corrected chi connectivity index (χ1v) is 5.91. The molecule has 0 N–H and O–H groups in total. The Balaban J connectivity index is 2.44. The Hall–Kier alpha value is -0.690. The minimum Gasteiger partial charge on any atom is -0.151 e. The van der Waals surface area contributed by atoms with Gasteiger partial charge in [0.25, 0.3) is 0 Å². The molecule has 1 rings (SSSR count). The summed E-state index contributed by atoms with van der Waals surface area (Å²) in [5, 5.41) is 0. The molecule has 0 atom stereocenters. The summed E-state index contributed by atoms with van der Waals surface area (Å²) in [4.78, 5) is 0. The zero-order valence-electron chi connectivity index (χ0n) is 8.99. The van der Waals surface area contributed by atoms with Crippen molar-refractivity contribution in [1.82, 2.24) is 0 Å². The van der Waals surface area contributed by atoms with Gasteiger partial charge in [-0.1, -0.05) is 50.3 Å². The van der Waals surface area contributed by atoms with Crippen LogP contribution in [0.5, 0.6) is 0 Å². The van der Waals surface area contributed by atoms with Gasteiger partial charge in [0, 0.05) is 10.5 Å². The highest BCUT2D eigenvalue weighted by Crippen LogP contribution is 2.31. The fourth-order valence-corrected chi connectivity index (χ4v) is 2.25. The van der Waals surface area contributed by atoms with Gasteiger partial charge >= 0.3 is 0 Å². The summed E-state index contributed by atoms with van der Waals surface area (Å²) >= 11 is 1.99. The van der Waals surface area contributed by atoms with Crippen molar-refractivity contribution < 1.29 is 0 Å². The van der Waals surface area contributed by atoms with E-state index in [-0.39, 0.29) is 0 Å². The van der Waals surface area contributed by atoms with Gasteiger partial charge in [0.1, 0.15) is 0 Å². The van der Waals surface area contributed by atoms with Crippen molar-refractivity contribution in [2.45, 2.75) is 30.8 Å². The number of rotatable bonds is 5. The normalized spacial score (nSPS) is 11.3. The molecule has 0 amide bonds. The molecule has 0 fully saturated rings. The number of benzene rings is 1. The lowest BCUT2D eigenvalue weighted by molar-refractivity contribution is 0.726. The predicted octanol–water partition coefficient (Wildman–Crippen LogP) is 4.27. The van der Waals surface area contributed by atoms with E-state index in [9.17, 15) is 0 Å². The number of hydrogen-bond donors (Lipinski definition) is 0. The topological polar surface area (TPSA) is 0 Å². The summed E-state index contributed by atoms with van der Waals surface area (Å²) in [5.41, 5.74) is 1.40. The van der Waals surface area contributed by atoms with Crippen LogP contribution < -0.4 is 0 Å². The van der Waals surface area contributed by atoms with E-state index < -0.39 is 0 Å². The first-order valence-electron chi connectivity index (χ1n) is 4.93. The smallest absolute Gasteiger partial charge is 0.0190 e. The summed E-state index contributed by atoms with van der Waals surface area (Å²) < 4.78 is 0.303. The summed E-state index contributed by atoms with van der Waals surface area (Å²) in [6, 6.07) is 10.6. The van der Waals surface area contributed by atoms with E-state index in [1.54, 1.807) is 0 Å². The fourth-order valence-electron chi connectivity index (χ4n) is 1.26. The molecule has 0 saturated heterocycles. The van der Waals surface area contributed by atoms with Crippen LogP contribution in [0.15, 0.2) is 43.0 Å². The summed E-state index contributed by atoms with van der Waals surface area (Å²) in [6.07, 6.45) is 3.06.